The zero-order valence-corrected chi connectivity index (χ0v) is 12.7. The standard InChI is InChI=1S/C17H25NO2/c1-4-13-6-8-14(9-7-13)18(3)16-10-5-12(2)11-15(16)17(19)20/h5,10-11,13-14H,4,6-9H2,1-3H3,(H,19,20). The molecule has 20 heavy (non-hydrogen) atoms. The summed E-state index contributed by atoms with van der Waals surface area (Å²) in [6, 6.07) is 6.19. The second-order valence-electron chi connectivity index (χ2n) is 6.02. The van der Waals surface area contributed by atoms with E-state index in [9.17, 15) is 9.90 Å². The maximum atomic E-state index is 11.4. The molecule has 0 aromatic heterocycles. The summed E-state index contributed by atoms with van der Waals surface area (Å²) < 4.78 is 0. The monoisotopic (exact) mass is 275 g/mol. The molecule has 0 bridgehead atoms. The van der Waals surface area contributed by atoms with E-state index in [0.717, 1.165) is 17.2 Å². The topological polar surface area (TPSA) is 40.5 Å². The SMILES string of the molecule is CCC1CCC(N(C)c2ccc(C)cc2C(=O)O)CC1. The molecular formula is C17H25NO2. The van der Waals surface area contributed by atoms with Gasteiger partial charge in [0.1, 0.15) is 0 Å². The van der Waals surface area contributed by atoms with Crippen molar-refractivity contribution in [3.05, 3.63) is 29.3 Å². The van der Waals surface area contributed by atoms with Gasteiger partial charge in [0.15, 0.2) is 0 Å². The Hall–Kier alpha value is -1.51. The van der Waals surface area contributed by atoms with E-state index in [1.807, 2.05) is 26.1 Å². The lowest BCUT2D eigenvalue weighted by Gasteiger charge is -2.36. The van der Waals surface area contributed by atoms with Crippen molar-refractivity contribution in [3.8, 4) is 0 Å². The highest BCUT2D eigenvalue weighted by Gasteiger charge is 2.25. The van der Waals surface area contributed by atoms with Gasteiger partial charge in [0.25, 0.3) is 0 Å². The van der Waals surface area contributed by atoms with Gasteiger partial charge >= 0.3 is 5.97 Å². The highest BCUT2D eigenvalue weighted by molar-refractivity contribution is 5.94. The zero-order chi connectivity index (χ0) is 14.7. The lowest BCUT2D eigenvalue weighted by atomic mass is 9.84. The lowest BCUT2D eigenvalue weighted by Crippen LogP contribution is -2.36. The van der Waals surface area contributed by atoms with Crippen molar-refractivity contribution in [2.24, 2.45) is 5.92 Å². The van der Waals surface area contributed by atoms with Crippen molar-refractivity contribution in [1.82, 2.24) is 0 Å². The van der Waals surface area contributed by atoms with Crippen LogP contribution in [0.15, 0.2) is 18.2 Å². The van der Waals surface area contributed by atoms with Gasteiger partial charge in [-0.25, -0.2) is 4.79 Å². The van der Waals surface area contributed by atoms with Crippen LogP contribution < -0.4 is 4.90 Å². The Labute approximate surface area is 121 Å². The first-order chi connectivity index (χ1) is 9.52. The van der Waals surface area contributed by atoms with Crippen LogP contribution in [0.1, 0.15) is 54.9 Å². The normalized spacial score (nSPS) is 22.6. The van der Waals surface area contributed by atoms with Crippen molar-refractivity contribution in [2.45, 2.75) is 52.0 Å². The Morgan fingerprint density at radius 2 is 1.95 bits per heavy atom. The molecule has 1 aromatic carbocycles. The third-order valence-corrected chi connectivity index (χ3v) is 4.70. The maximum absolute atomic E-state index is 11.4. The molecule has 1 aliphatic rings. The summed E-state index contributed by atoms with van der Waals surface area (Å²) in [6.07, 6.45) is 6.13. The van der Waals surface area contributed by atoms with Gasteiger partial charge in [0.05, 0.1) is 11.3 Å². The number of aromatic carboxylic acids is 1. The fourth-order valence-electron chi connectivity index (χ4n) is 3.27. The molecule has 0 radical (unpaired) electrons. The van der Waals surface area contributed by atoms with Crippen LogP contribution in [0.4, 0.5) is 5.69 Å². The Morgan fingerprint density at radius 3 is 2.50 bits per heavy atom. The van der Waals surface area contributed by atoms with E-state index in [1.165, 1.54) is 32.1 Å². The summed E-state index contributed by atoms with van der Waals surface area (Å²) in [5.74, 6) is 0.0226. The number of hydrogen-bond acceptors (Lipinski definition) is 2. The van der Waals surface area contributed by atoms with E-state index in [2.05, 4.69) is 11.8 Å². The van der Waals surface area contributed by atoms with E-state index < -0.39 is 5.97 Å². The fraction of sp³-hybridized carbons (Fsp3) is 0.588. The zero-order valence-electron chi connectivity index (χ0n) is 12.7. The molecular weight excluding hydrogens is 250 g/mol. The molecule has 0 spiro atoms. The van der Waals surface area contributed by atoms with Crippen LogP contribution in [0.25, 0.3) is 0 Å². The van der Waals surface area contributed by atoms with Crippen LogP contribution in [0, 0.1) is 12.8 Å². The molecule has 1 fully saturated rings. The molecule has 110 valence electrons. The number of benzene rings is 1. The molecule has 0 heterocycles. The lowest BCUT2D eigenvalue weighted by molar-refractivity contribution is 0.0697. The second-order valence-corrected chi connectivity index (χ2v) is 6.02. The molecule has 3 heteroatoms. The summed E-state index contributed by atoms with van der Waals surface area (Å²) >= 11 is 0. The quantitative estimate of drug-likeness (QED) is 0.899. The highest BCUT2D eigenvalue weighted by atomic mass is 16.4. The number of aryl methyl sites for hydroxylation is 1. The number of carboxylic acid groups (broad SMARTS) is 1. The van der Waals surface area contributed by atoms with Gasteiger partial charge in [0.2, 0.25) is 0 Å². The van der Waals surface area contributed by atoms with Crippen molar-refractivity contribution in [1.29, 1.82) is 0 Å². The summed E-state index contributed by atoms with van der Waals surface area (Å²) in [6.45, 7) is 4.19. The number of carbonyl (C=O) groups is 1. The average Bonchev–Trinajstić information content (AvgIpc) is 2.46. The molecule has 0 amide bonds. The predicted octanol–water partition coefficient (Wildman–Crippen LogP) is 4.10. The van der Waals surface area contributed by atoms with Crippen LogP contribution in [-0.4, -0.2) is 24.2 Å². The van der Waals surface area contributed by atoms with E-state index in [-0.39, 0.29) is 0 Å². The number of anilines is 1. The number of carboxylic acids is 1. The first-order valence-corrected chi connectivity index (χ1v) is 7.59. The third kappa shape index (κ3) is 3.14. The minimum atomic E-state index is -0.835. The summed E-state index contributed by atoms with van der Waals surface area (Å²) in [5, 5.41) is 9.39. The van der Waals surface area contributed by atoms with Crippen LogP contribution in [0.3, 0.4) is 0 Å². The first-order valence-electron chi connectivity index (χ1n) is 7.59. The van der Waals surface area contributed by atoms with E-state index in [4.69, 9.17) is 0 Å². The minimum Gasteiger partial charge on any atom is -0.478 e. The van der Waals surface area contributed by atoms with Crippen molar-refractivity contribution in [3.63, 3.8) is 0 Å². The summed E-state index contributed by atoms with van der Waals surface area (Å²) in [5.41, 5.74) is 2.27. The molecule has 2 rings (SSSR count). The van der Waals surface area contributed by atoms with Gasteiger partial charge in [-0.05, 0) is 50.7 Å². The summed E-state index contributed by atoms with van der Waals surface area (Å²) in [4.78, 5) is 13.6. The van der Waals surface area contributed by atoms with Crippen LogP contribution in [-0.2, 0) is 0 Å². The largest absolute Gasteiger partial charge is 0.478 e. The van der Waals surface area contributed by atoms with Gasteiger partial charge in [-0.2, -0.15) is 0 Å². The average molecular weight is 275 g/mol. The predicted molar refractivity (Wildman–Crippen MR) is 82.6 cm³/mol. The highest BCUT2D eigenvalue weighted by Crippen LogP contribution is 2.32. The molecule has 3 nitrogen and oxygen atoms in total. The van der Waals surface area contributed by atoms with Crippen LogP contribution in [0.5, 0.6) is 0 Å². The van der Waals surface area contributed by atoms with Crippen LogP contribution in [0.2, 0.25) is 0 Å². The molecule has 0 atom stereocenters. The third-order valence-electron chi connectivity index (χ3n) is 4.70. The smallest absolute Gasteiger partial charge is 0.337 e. The van der Waals surface area contributed by atoms with Crippen LogP contribution >= 0.6 is 0 Å². The van der Waals surface area contributed by atoms with Crippen molar-refractivity contribution in [2.75, 3.05) is 11.9 Å². The first kappa shape index (κ1) is 14.9. The number of rotatable bonds is 4. The van der Waals surface area contributed by atoms with Gasteiger partial charge in [-0.15, -0.1) is 0 Å². The van der Waals surface area contributed by atoms with Crippen molar-refractivity contribution >= 4 is 11.7 Å². The van der Waals surface area contributed by atoms with E-state index in [0.29, 0.717) is 11.6 Å². The Morgan fingerprint density at radius 1 is 1.30 bits per heavy atom. The number of nitrogens with zero attached hydrogens (tertiary/aromatic N) is 1. The molecule has 0 unspecified atom stereocenters. The molecule has 0 saturated heterocycles. The Kier molecular flexibility index (Phi) is 4.69. The molecule has 1 aliphatic carbocycles. The Balaban J connectivity index is 2.17. The van der Waals surface area contributed by atoms with Crippen molar-refractivity contribution < 1.29 is 9.90 Å². The molecule has 1 saturated carbocycles. The fourth-order valence-corrected chi connectivity index (χ4v) is 3.27. The van der Waals surface area contributed by atoms with Gasteiger partial charge < -0.3 is 10.0 Å². The summed E-state index contributed by atoms with van der Waals surface area (Å²) in [7, 11) is 2.04. The van der Waals surface area contributed by atoms with E-state index in [1.54, 1.807) is 6.07 Å². The van der Waals surface area contributed by atoms with E-state index >= 15 is 0 Å². The van der Waals surface area contributed by atoms with Gasteiger partial charge in [0, 0.05) is 13.1 Å². The van der Waals surface area contributed by atoms with Gasteiger partial charge in [-0.3, -0.25) is 0 Å². The second kappa shape index (κ2) is 6.29. The Bertz CT molecular complexity index is 476. The minimum absolute atomic E-state index is 0.421. The maximum Gasteiger partial charge on any atom is 0.337 e. The van der Waals surface area contributed by atoms with Gasteiger partial charge in [-0.1, -0.05) is 25.0 Å². The molecule has 1 aromatic rings. The molecule has 0 aliphatic heterocycles. The molecule has 1 N–H and O–H groups in total. The number of hydrogen-bond donors (Lipinski definition) is 1.